The summed E-state index contributed by atoms with van der Waals surface area (Å²) in [6, 6.07) is 4.87. The fourth-order valence-corrected chi connectivity index (χ4v) is 1.59. The number of hydrogen-bond donors (Lipinski definition) is 1. The highest BCUT2D eigenvalue weighted by atomic mass is 19.4. The largest absolute Gasteiger partial charge is 0.495 e. The van der Waals surface area contributed by atoms with E-state index in [1.165, 1.54) is 18.2 Å². The molecule has 0 aliphatic rings. The van der Waals surface area contributed by atoms with Crippen LogP contribution >= 0.6 is 0 Å². The highest BCUT2D eigenvalue weighted by Gasteiger charge is 2.30. The Morgan fingerprint density at radius 3 is 2.39 bits per heavy atom. The lowest BCUT2D eigenvalue weighted by molar-refractivity contribution is -0.137. The Bertz CT molecular complexity index is 422. The van der Waals surface area contributed by atoms with E-state index in [2.05, 4.69) is 0 Å². The van der Waals surface area contributed by atoms with Crippen molar-refractivity contribution in [3.05, 3.63) is 41.3 Å². The molecule has 1 N–H and O–H groups in total. The number of nitrogens with zero attached hydrogens (tertiary/aromatic N) is 1. The van der Waals surface area contributed by atoms with E-state index < -0.39 is 11.7 Å². The van der Waals surface area contributed by atoms with E-state index in [0.29, 0.717) is 18.7 Å². The molecule has 0 bridgehead atoms. The first-order valence-corrected chi connectivity index (χ1v) is 5.71. The topological polar surface area (TPSA) is 23.5 Å². The predicted molar refractivity (Wildman–Crippen MR) is 65.0 cm³/mol. The number of aliphatic hydroxyl groups excluding tert-OH is 1. The minimum atomic E-state index is -4.37. The molecule has 0 fully saturated rings. The summed E-state index contributed by atoms with van der Waals surface area (Å²) < 4.78 is 37.5. The van der Waals surface area contributed by atoms with Gasteiger partial charge in [0.1, 0.15) is 0 Å². The Hall–Kier alpha value is -1.65. The van der Waals surface area contributed by atoms with Gasteiger partial charge in [0, 0.05) is 19.2 Å². The van der Waals surface area contributed by atoms with Gasteiger partial charge in [-0.15, -0.1) is 0 Å². The lowest BCUT2D eigenvalue weighted by atomic mass is 10.1. The monoisotopic (exact) mass is 259 g/mol. The molecule has 5 heteroatoms. The third kappa shape index (κ3) is 3.68. The van der Waals surface area contributed by atoms with E-state index >= 15 is 0 Å². The minimum absolute atomic E-state index is 0.0284. The van der Waals surface area contributed by atoms with Gasteiger partial charge in [-0.2, -0.15) is 13.2 Å². The summed E-state index contributed by atoms with van der Waals surface area (Å²) in [4.78, 5) is 1.65. The molecule has 0 unspecified atom stereocenters. The summed E-state index contributed by atoms with van der Waals surface area (Å²) >= 11 is 0. The SMILES string of the molecule is CCN(CC)/C(O)=C/c1cccc(C(F)(F)F)c1. The van der Waals surface area contributed by atoms with Gasteiger partial charge in [0.05, 0.1) is 5.56 Å². The summed E-state index contributed by atoms with van der Waals surface area (Å²) in [7, 11) is 0. The molecule has 0 atom stereocenters. The van der Waals surface area contributed by atoms with Crippen molar-refractivity contribution in [2.24, 2.45) is 0 Å². The minimum Gasteiger partial charge on any atom is -0.495 e. The van der Waals surface area contributed by atoms with Crippen LogP contribution in [0.2, 0.25) is 0 Å². The molecule has 0 amide bonds. The van der Waals surface area contributed by atoms with Gasteiger partial charge in [-0.05, 0) is 31.5 Å². The number of halogens is 3. The number of rotatable bonds is 4. The average Bonchev–Trinajstić information content (AvgIpc) is 2.29. The maximum absolute atomic E-state index is 12.5. The van der Waals surface area contributed by atoms with Crippen LogP contribution in [0.25, 0.3) is 6.08 Å². The zero-order valence-corrected chi connectivity index (χ0v) is 10.3. The van der Waals surface area contributed by atoms with Crippen molar-refractivity contribution in [1.82, 2.24) is 4.90 Å². The molecule has 18 heavy (non-hydrogen) atoms. The zero-order valence-electron chi connectivity index (χ0n) is 10.3. The van der Waals surface area contributed by atoms with Gasteiger partial charge in [-0.25, -0.2) is 0 Å². The molecule has 0 aromatic heterocycles. The first-order valence-electron chi connectivity index (χ1n) is 5.71. The van der Waals surface area contributed by atoms with Gasteiger partial charge in [-0.3, -0.25) is 0 Å². The predicted octanol–water partition coefficient (Wildman–Crippen LogP) is 3.90. The summed E-state index contributed by atoms with van der Waals surface area (Å²) in [6.45, 7) is 4.91. The highest BCUT2D eigenvalue weighted by molar-refractivity contribution is 5.52. The van der Waals surface area contributed by atoms with Crippen LogP contribution in [0.3, 0.4) is 0 Å². The molecule has 1 rings (SSSR count). The van der Waals surface area contributed by atoms with Gasteiger partial charge < -0.3 is 10.0 Å². The van der Waals surface area contributed by atoms with Crippen LogP contribution in [0.4, 0.5) is 13.2 Å². The second kappa shape index (κ2) is 5.80. The molecular formula is C13H16F3NO. The van der Waals surface area contributed by atoms with Crippen LogP contribution in [-0.2, 0) is 6.18 Å². The third-order valence-corrected chi connectivity index (χ3v) is 2.60. The van der Waals surface area contributed by atoms with E-state index in [-0.39, 0.29) is 5.88 Å². The van der Waals surface area contributed by atoms with Gasteiger partial charge in [0.15, 0.2) is 5.88 Å². The average molecular weight is 259 g/mol. The molecule has 100 valence electrons. The lowest BCUT2D eigenvalue weighted by Gasteiger charge is -2.19. The normalized spacial score (nSPS) is 12.6. The van der Waals surface area contributed by atoms with Crippen molar-refractivity contribution in [3.63, 3.8) is 0 Å². The van der Waals surface area contributed by atoms with Gasteiger partial charge >= 0.3 is 6.18 Å². The Balaban J connectivity index is 3.01. The van der Waals surface area contributed by atoms with Crippen molar-refractivity contribution < 1.29 is 18.3 Å². The van der Waals surface area contributed by atoms with Gasteiger partial charge in [0.2, 0.25) is 0 Å². The molecule has 2 nitrogen and oxygen atoms in total. The van der Waals surface area contributed by atoms with Crippen molar-refractivity contribution in [2.75, 3.05) is 13.1 Å². The Kier molecular flexibility index (Phi) is 4.64. The number of hydrogen-bond acceptors (Lipinski definition) is 2. The lowest BCUT2D eigenvalue weighted by Crippen LogP contribution is -2.21. The molecule has 0 saturated carbocycles. The first kappa shape index (κ1) is 14.4. The molecule has 1 aromatic rings. The van der Waals surface area contributed by atoms with Crippen molar-refractivity contribution >= 4 is 6.08 Å². The first-order chi connectivity index (χ1) is 8.38. The molecule has 1 aromatic carbocycles. The van der Waals surface area contributed by atoms with Crippen molar-refractivity contribution in [1.29, 1.82) is 0 Å². The Labute approximate surface area is 104 Å². The number of aliphatic hydroxyl groups is 1. The van der Waals surface area contributed by atoms with Crippen molar-refractivity contribution in [2.45, 2.75) is 20.0 Å². The zero-order chi connectivity index (χ0) is 13.8. The molecule has 0 aliphatic carbocycles. The summed E-state index contributed by atoms with van der Waals surface area (Å²) in [5, 5.41) is 9.76. The molecule has 0 heterocycles. The van der Waals surface area contributed by atoms with Crippen LogP contribution in [-0.4, -0.2) is 23.1 Å². The summed E-state index contributed by atoms with van der Waals surface area (Å²) in [6.07, 6.45) is -3.03. The van der Waals surface area contributed by atoms with E-state index in [9.17, 15) is 18.3 Å². The standard InChI is InChI=1S/C13H16F3NO/c1-3-17(4-2)12(18)9-10-6-5-7-11(8-10)13(14,15)16/h5-9,18H,3-4H2,1-2H3/b12-9-. The second-order valence-corrected chi connectivity index (χ2v) is 3.80. The fraction of sp³-hybridized carbons (Fsp3) is 0.385. The summed E-state index contributed by atoms with van der Waals surface area (Å²) in [5.41, 5.74) is -0.391. The van der Waals surface area contributed by atoms with E-state index in [1.807, 2.05) is 13.8 Å². The summed E-state index contributed by atoms with van der Waals surface area (Å²) in [5.74, 6) is -0.0284. The van der Waals surface area contributed by atoms with E-state index in [0.717, 1.165) is 12.1 Å². The van der Waals surface area contributed by atoms with Crippen LogP contribution in [0, 0.1) is 0 Å². The Morgan fingerprint density at radius 2 is 1.89 bits per heavy atom. The van der Waals surface area contributed by atoms with Gasteiger partial charge in [0.25, 0.3) is 0 Å². The number of alkyl halides is 3. The molecule has 0 aliphatic heterocycles. The Morgan fingerprint density at radius 1 is 1.28 bits per heavy atom. The fourth-order valence-electron chi connectivity index (χ4n) is 1.59. The molecular weight excluding hydrogens is 243 g/mol. The molecule has 0 radical (unpaired) electrons. The molecule has 0 saturated heterocycles. The molecule has 0 spiro atoms. The quantitative estimate of drug-likeness (QED) is 0.829. The van der Waals surface area contributed by atoms with E-state index in [4.69, 9.17) is 0 Å². The van der Waals surface area contributed by atoms with Crippen LogP contribution in [0.1, 0.15) is 25.0 Å². The number of benzene rings is 1. The smallest absolute Gasteiger partial charge is 0.416 e. The maximum Gasteiger partial charge on any atom is 0.416 e. The van der Waals surface area contributed by atoms with E-state index in [1.54, 1.807) is 4.90 Å². The van der Waals surface area contributed by atoms with Crippen molar-refractivity contribution in [3.8, 4) is 0 Å². The highest BCUT2D eigenvalue weighted by Crippen LogP contribution is 2.29. The van der Waals surface area contributed by atoms with Crippen LogP contribution in [0.5, 0.6) is 0 Å². The maximum atomic E-state index is 12.5. The third-order valence-electron chi connectivity index (χ3n) is 2.60. The van der Waals surface area contributed by atoms with Crippen LogP contribution in [0.15, 0.2) is 30.1 Å². The van der Waals surface area contributed by atoms with Crippen LogP contribution < -0.4 is 0 Å². The second-order valence-electron chi connectivity index (χ2n) is 3.80. The van der Waals surface area contributed by atoms with Gasteiger partial charge in [-0.1, -0.05) is 12.1 Å².